The van der Waals surface area contributed by atoms with Crippen LogP contribution in [0.1, 0.15) is 43.5 Å². The van der Waals surface area contributed by atoms with Gasteiger partial charge in [0.2, 0.25) is 5.91 Å². The fourth-order valence-electron chi connectivity index (χ4n) is 4.74. The van der Waals surface area contributed by atoms with Crippen LogP contribution in [-0.2, 0) is 32.7 Å². The standard InChI is InChI=1S/C23H33N3O3/c1-3-17-6-5-7-18-19-8-13-29-23(4-2,22(19)25-21(17)18)16-20(27)24-9-10-26-11-14-28-15-12-26/h5-7,25H,3-4,8-16H2,1-2H3,(H,24,27). The van der Waals surface area contributed by atoms with E-state index >= 15 is 0 Å². The molecule has 1 unspecified atom stereocenters. The molecular formula is C23H33N3O3. The molecular weight excluding hydrogens is 366 g/mol. The average molecular weight is 400 g/mol. The third-order valence-corrected chi connectivity index (χ3v) is 6.47. The summed E-state index contributed by atoms with van der Waals surface area (Å²) in [6.45, 7) is 9.93. The highest BCUT2D eigenvalue weighted by atomic mass is 16.5. The molecule has 29 heavy (non-hydrogen) atoms. The van der Waals surface area contributed by atoms with Gasteiger partial charge in [-0.05, 0) is 30.4 Å². The van der Waals surface area contributed by atoms with Gasteiger partial charge < -0.3 is 19.8 Å². The molecule has 1 aromatic carbocycles. The molecule has 158 valence electrons. The zero-order chi connectivity index (χ0) is 20.3. The molecule has 1 aromatic heterocycles. The van der Waals surface area contributed by atoms with Gasteiger partial charge >= 0.3 is 0 Å². The van der Waals surface area contributed by atoms with Crippen molar-refractivity contribution in [2.24, 2.45) is 0 Å². The maximum Gasteiger partial charge on any atom is 0.223 e. The van der Waals surface area contributed by atoms with Gasteiger partial charge in [0.15, 0.2) is 0 Å². The number of fused-ring (bicyclic) bond motifs is 3. The number of nitrogens with zero attached hydrogens (tertiary/aromatic N) is 1. The number of benzene rings is 1. The van der Waals surface area contributed by atoms with Crippen molar-refractivity contribution in [1.29, 1.82) is 0 Å². The maximum atomic E-state index is 12.8. The fraction of sp³-hybridized carbons (Fsp3) is 0.609. The van der Waals surface area contributed by atoms with E-state index in [0.717, 1.165) is 57.8 Å². The third kappa shape index (κ3) is 4.06. The molecule has 1 amide bonds. The van der Waals surface area contributed by atoms with Crippen LogP contribution in [0.4, 0.5) is 0 Å². The zero-order valence-electron chi connectivity index (χ0n) is 17.7. The molecule has 0 saturated carbocycles. The molecule has 1 fully saturated rings. The minimum atomic E-state index is -0.569. The van der Waals surface area contributed by atoms with E-state index in [1.165, 1.54) is 22.0 Å². The summed E-state index contributed by atoms with van der Waals surface area (Å²) in [6, 6.07) is 6.51. The van der Waals surface area contributed by atoms with Crippen LogP contribution >= 0.6 is 0 Å². The number of hydrogen-bond donors (Lipinski definition) is 2. The first kappa shape index (κ1) is 20.4. The average Bonchev–Trinajstić information content (AvgIpc) is 3.15. The summed E-state index contributed by atoms with van der Waals surface area (Å²) in [5.41, 5.74) is 4.38. The summed E-state index contributed by atoms with van der Waals surface area (Å²) < 4.78 is 11.7. The van der Waals surface area contributed by atoms with Gasteiger partial charge in [-0.3, -0.25) is 9.69 Å². The van der Waals surface area contributed by atoms with Gasteiger partial charge in [0, 0.05) is 37.1 Å². The molecule has 0 aliphatic carbocycles. The van der Waals surface area contributed by atoms with Crippen LogP contribution in [0.25, 0.3) is 10.9 Å². The Labute approximate surface area is 172 Å². The number of amides is 1. The third-order valence-electron chi connectivity index (χ3n) is 6.47. The minimum absolute atomic E-state index is 0.0577. The van der Waals surface area contributed by atoms with Crippen molar-refractivity contribution in [3.05, 3.63) is 35.0 Å². The highest BCUT2D eigenvalue weighted by Gasteiger charge is 2.40. The fourth-order valence-corrected chi connectivity index (χ4v) is 4.74. The predicted molar refractivity (Wildman–Crippen MR) is 114 cm³/mol. The molecule has 1 atom stereocenters. The van der Waals surface area contributed by atoms with Gasteiger partial charge in [0.25, 0.3) is 0 Å². The number of H-pyrrole nitrogens is 1. The Morgan fingerprint density at radius 2 is 2.07 bits per heavy atom. The van der Waals surface area contributed by atoms with Gasteiger partial charge in [-0.1, -0.05) is 32.0 Å². The van der Waals surface area contributed by atoms with Crippen LogP contribution in [0, 0.1) is 0 Å². The Balaban J connectivity index is 1.49. The quantitative estimate of drug-likeness (QED) is 0.751. The van der Waals surface area contributed by atoms with Gasteiger partial charge in [-0.2, -0.15) is 0 Å². The molecule has 1 saturated heterocycles. The van der Waals surface area contributed by atoms with Crippen molar-refractivity contribution >= 4 is 16.8 Å². The van der Waals surface area contributed by atoms with E-state index in [4.69, 9.17) is 9.47 Å². The number of para-hydroxylation sites is 1. The van der Waals surface area contributed by atoms with Gasteiger partial charge in [-0.25, -0.2) is 0 Å². The van der Waals surface area contributed by atoms with Crippen molar-refractivity contribution < 1.29 is 14.3 Å². The maximum absolute atomic E-state index is 12.8. The van der Waals surface area contributed by atoms with E-state index in [1.54, 1.807) is 0 Å². The van der Waals surface area contributed by atoms with Crippen LogP contribution in [0.15, 0.2) is 18.2 Å². The summed E-state index contributed by atoms with van der Waals surface area (Å²) in [5, 5.41) is 4.39. The van der Waals surface area contributed by atoms with E-state index in [1.807, 2.05) is 0 Å². The van der Waals surface area contributed by atoms with Crippen molar-refractivity contribution in [3.8, 4) is 0 Å². The van der Waals surface area contributed by atoms with E-state index in [-0.39, 0.29) is 5.91 Å². The largest absolute Gasteiger partial charge is 0.379 e. The summed E-state index contributed by atoms with van der Waals surface area (Å²) in [6.07, 6.45) is 3.00. The molecule has 6 nitrogen and oxygen atoms in total. The van der Waals surface area contributed by atoms with Crippen molar-refractivity contribution in [2.45, 2.75) is 45.1 Å². The second kappa shape index (κ2) is 8.86. The number of morpholine rings is 1. The molecule has 0 radical (unpaired) electrons. The van der Waals surface area contributed by atoms with Gasteiger partial charge in [0.1, 0.15) is 5.60 Å². The Bertz CT molecular complexity index is 856. The van der Waals surface area contributed by atoms with E-state index in [2.05, 4.69) is 47.2 Å². The molecule has 0 spiro atoms. The lowest BCUT2D eigenvalue weighted by Gasteiger charge is -2.36. The minimum Gasteiger partial charge on any atom is -0.379 e. The number of aromatic nitrogens is 1. The predicted octanol–water partition coefficient (Wildman–Crippen LogP) is 2.75. The molecule has 2 aliphatic rings. The van der Waals surface area contributed by atoms with E-state index in [9.17, 15) is 4.79 Å². The number of nitrogens with one attached hydrogen (secondary N) is 2. The van der Waals surface area contributed by atoms with Crippen LogP contribution in [0.3, 0.4) is 0 Å². The lowest BCUT2D eigenvalue weighted by Crippen LogP contribution is -2.44. The Kier molecular flexibility index (Phi) is 6.23. The number of carbonyl (C=O) groups is 1. The first-order chi connectivity index (χ1) is 14.2. The lowest BCUT2D eigenvalue weighted by atomic mass is 9.86. The molecule has 0 bridgehead atoms. The number of hydrogen-bond acceptors (Lipinski definition) is 4. The van der Waals surface area contributed by atoms with Crippen molar-refractivity contribution in [1.82, 2.24) is 15.2 Å². The number of rotatable bonds is 7. The molecule has 2 aliphatic heterocycles. The first-order valence-electron chi connectivity index (χ1n) is 11.0. The molecule has 6 heteroatoms. The second-order valence-electron chi connectivity index (χ2n) is 8.10. The Morgan fingerprint density at radius 3 is 2.83 bits per heavy atom. The topological polar surface area (TPSA) is 66.6 Å². The summed E-state index contributed by atoms with van der Waals surface area (Å²) in [4.78, 5) is 18.8. The number of aryl methyl sites for hydroxylation is 1. The Hall–Kier alpha value is -1.89. The molecule has 3 heterocycles. The van der Waals surface area contributed by atoms with Gasteiger partial charge in [0.05, 0.1) is 31.9 Å². The second-order valence-corrected chi connectivity index (χ2v) is 8.10. The Morgan fingerprint density at radius 1 is 1.24 bits per heavy atom. The first-order valence-corrected chi connectivity index (χ1v) is 11.0. The SMILES string of the molecule is CCc1cccc2c3c([nH]c12)C(CC)(CC(=O)NCCN1CCOCC1)OCC3. The highest BCUT2D eigenvalue weighted by Crippen LogP contribution is 2.42. The number of ether oxygens (including phenoxy) is 2. The van der Waals surface area contributed by atoms with E-state index < -0.39 is 5.60 Å². The van der Waals surface area contributed by atoms with E-state index in [0.29, 0.717) is 19.6 Å². The number of carbonyl (C=O) groups excluding carboxylic acids is 1. The highest BCUT2D eigenvalue weighted by molar-refractivity contribution is 5.88. The van der Waals surface area contributed by atoms with Crippen LogP contribution in [0.2, 0.25) is 0 Å². The number of aromatic amines is 1. The van der Waals surface area contributed by atoms with Crippen molar-refractivity contribution in [3.63, 3.8) is 0 Å². The zero-order valence-corrected chi connectivity index (χ0v) is 17.7. The molecule has 4 rings (SSSR count). The molecule has 2 aromatic rings. The van der Waals surface area contributed by atoms with Crippen LogP contribution < -0.4 is 5.32 Å². The summed E-state index contributed by atoms with van der Waals surface area (Å²) in [7, 11) is 0. The van der Waals surface area contributed by atoms with Crippen LogP contribution in [0.5, 0.6) is 0 Å². The monoisotopic (exact) mass is 399 g/mol. The summed E-state index contributed by atoms with van der Waals surface area (Å²) in [5.74, 6) is 0.0577. The van der Waals surface area contributed by atoms with Gasteiger partial charge in [-0.15, -0.1) is 0 Å². The normalized spacial score (nSPS) is 22.6. The molecule has 2 N–H and O–H groups in total. The lowest BCUT2D eigenvalue weighted by molar-refractivity contribution is -0.133. The summed E-state index contributed by atoms with van der Waals surface area (Å²) >= 11 is 0. The smallest absolute Gasteiger partial charge is 0.223 e. The van der Waals surface area contributed by atoms with Crippen LogP contribution in [-0.4, -0.2) is 61.8 Å². The van der Waals surface area contributed by atoms with Crippen molar-refractivity contribution in [2.75, 3.05) is 46.0 Å².